The topological polar surface area (TPSA) is 44.1 Å². The van der Waals surface area contributed by atoms with Crippen molar-refractivity contribution in [3.8, 4) is 6.07 Å². The van der Waals surface area contributed by atoms with Gasteiger partial charge in [0.2, 0.25) is 0 Å². The van der Waals surface area contributed by atoms with Crippen molar-refractivity contribution < 1.29 is 4.79 Å². The van der Waals surface area contributed by atoms with E-state index in [4.69, 9.17) is 5.26 Å². The zero-order chi connectivity index (χ0) is 11.5. The first-order valence-electron chi connectivity index (χ1n) is 5.48. The zero-order valence-electron chi connectivity index (χ0n) is 9.36. The second kappa shape index (κ2) is 4.36. The molecule has 1 saturated heterocycles. The van der Waals surface area contributed by atoms with E-state index in [0.29, 0.717) is 24.2 Å². The third-order valence-corrected chi connectivity index (χ3v) is 2.99. The number of hydrogen-bond donors (Lipinski definition) is 0. The fourth-order valence-electron chi connectivity index (χ4n) is 2.08. The van der Waals surface area contributed by atoms with Gasteiger partial charge >= 0.3 is 0 Å². The van der Waals surface area contributed by atoms with Gasteiger partial charge in [0, 0.05) is 31.6 Å². The Kier molecular flexibility index (Phi) is 2.91. The van der Waals surface area contributed by atoms with Crippen LogP contribution in [0.3, 0.4) is 0 Å². The molecule has 0 spiro atoms. The number of benzene rings is 1. The Morgan fingerprint density at radius 1 is 1.31 bits per heavy atom. The summed E-state index contributed by atoms with van der Waals surface area (Å²) in [5, 5.41) is 8.79. The van der Waals surface area contributed by atoms with Crippen molar-refractivity contribution >= 4 is 11.5 Å². The summed E-state index contributed by atoms with van der Waals surface area (Å²) >= 11 is 0. The normalized spacial score (nSPS) is 16.0. The van der Waals surface area contributed by atoms with Gasteiger partial charge in [-0.15, -0.1) is 0 Å². The van der Waals surface area contributed by atoms with Crippen LogP contribution in [0.4, 0.5) is 5.69 Å². The van der Waals surface area contributed by atoms with Gasteiger partial charge in [0.15, 0.2) is 0 Å². The lowest BCUT2D eigenvalue weighted by Gasteiger charge is -2.29. The van der Waals surface area contributed by atoms with Gasteiger partial charge in [-0.25, -0.2) is 0 Å². The van der Waals surface area contributed by atoms with E-state index in [-0.39, 0.29) is 0 Å². The molecule has 0 unspecified atom stereocenters. The van der Waals surface area contributed by atoms with E-state index in [9.17, 15) is 4.79 Å². The maximum Gasteiger partial charge on any atom is 0.136 e. The molecule has 0 N–H and O–H groups in total. The Bertz CT molecular complexity index is 449. The van der Waals surface area contributed by atoms with Crippen LogP contribution in [0.15, 0.2) is 18.2 Å². The summed E-state index contributed by atoms with van der Waals surface area (Å²) < 4.78 is 0. The van der Waals surface area contributed by atoms with E-state index < -0.39 is 0 Å². The van der Waals surface area contributed by atoms with E-state index >= 15 is 0 Å². The Labute approximate surface area is 95.3 Å². The Hall–Kier alpha value is -1.82. The Morgan fingerprint density at radius 3 is 2.56 bits per heavy atom. The Morgan fingerprint density at radius 2 is 2.00 bits per heavy atom. The molecular weight excluding hydrogens is 200 g/mol. The molecule has 0 radical (unpaired) electrons. The standard InChI is InChI=1S/C13H14N2O/c1-10-8-11(9-14)2-3-13(10)15-6-4-12(16)5-7-15/h2-3,8H,4-7H2,1H3. The summed E-state index contributed by atoms with van der Waals surface area (Å²) in [4.78, 5) is 13.4. The van der Waals surface area contributed by atoms with Crippen LogP contribution in [0.5, 0.6) is 0 Å². The largest absolute Gasteiger partial charge is 0.370 e. The molecule has 82 valence electrons. The molecule has 3 heteroatoms. The summed E-state index contributed by atoms with van der Waals surface area (Å²) in [5.41, 5.74) is 2.94. The number of carbonyl (C=O) groups is 1. The van der Waals surface area contributed by atoms with Crippen molar-refractivity contribution in [1.29, 1.82) is 5.26 Å². The number of carbonyl (C=O) groups excluding carboxylic acids is 1. The number of nitrogens with zero attached hydrogens (tertiary/aromatic N) is 2. The molecular formula is C13H14N2O. The van der Waals surface area contributed by atoms with Crippen LogP contribution in [0.25, 0.3) is 0 Å². The molecule has 1 fully saturated rings. The zero-order valence-corrected chi connectivity index (χ0v) is 9.36. The minimum Gasteiger partial charge on any atom is -0.370 e. The lowest BCUT2D eigenvalue weighted by atomic mass is 10.1. The molecule has 2 rings (SSSR count). The predicted octanol–water partition coefficient (Wildman–Crippen LogP) is 2.04. The lowest BCUT2D eigenvalue weighted by molar-refractivity contribution is -0.119. The van der Waals surface area contributed by atoms with Crippen molar-refractivity contribution in [3.05, 3.63) is 29.3 Å². The summed E-state index contributed by atoms with van der Waals surface area (Å²) in [6, 6.07) is 7.83. The van der Waals surface area contributed by atoms with Gasteiger partial charge in [0.25, 0.3) is 0 Å². The summed E-state index contributed by atoms with van der Waals surface area (Å²) in [6.07, 6.45) is 1.28. The highest BCUT2D eigenvalue weighted by Crippen LogP contribution is 2.23. The minimum absolute atomic E-state index is 0.350. The quantitative estimate of drug-likeness (QED) is 0.718. The molecule has 1 aliphatic heterocycles. The van der Waals surface area contributed by atoms with Crippen LogP contribution >= 0.6 is 0 Å². The van der Waals surface area contributed by atoms with Crippen molar-refractivity contribution in [2.45, 2.75) is 19.8 Å². The average Bonchev–Trinajstić information content (AvgIpc) is 2.30. The van der Waals surface area contributed by atoms with Gasteiger partial charge in [-0.1, -0.05) is 0 Å². The number of aryl methyl sites for hydroxylation is 1. The van der Waals surface area contributed by atoms with Gasteiger partial charge in [0.05, 0.1) is 11.6 Å². The van der Waals surface area contributed by atoms with E-state index in [1.54, 1.807) is 0 Å². The van der Waals surface area contributed by atoms with Crippen LogP contribution in [0.2, 0.25) is 0 Å². The van der Waals surface area contributed by atoms with Crippen molar-refractivity contribution in [2.75, 3.05) is 18.0 Å². The number of nitriles is 1. The van der Waals surface area contributed by atoms with E-state index in [2.05, 4.69) is 11.0 Å². The predicted molar refractivity (Wildman–Crippen MR) is 62.3 cm³/mol. The number of Topliss-reactive ketones (excluding diaryl/α,β-unsaturated/α-hetero) is 1. The molecule has 1 aromatic rings. The minimum atomic E-state index is 0.350. The molecule has 1 aliphatic rings. The molecule has 0 saturated carbocycles. The van der Waals surface area contributed by atoms with Crippen LogP contribution in [-0.4, -0.2) is 18.9 Å². The summed E-state index contributed by atoms with van der Waals surface area (Å²) in [7, 11) is 0. The summed E-state index contributed by atoms with van der Waals surface area (Å²) in [5.74, 6) is 0.350. The smallest absolute Gasteiger partial charge is 0.136 e. The molecule has 0 aliphatic carbocycles. The fraction of sp³-hybridized carbons (Fsp3) is 0.385. The second-order valence-electron chi connectivity index (χ2n) is 4.14. The highest BCUT2D eigenvalue weighted by atomic mass is 16.1. The first kappa shape index (κ1) is 10.7. The van der Waals surface area contributed by atoms with Gasteiger partial charge in [0.1, 0.15) is 5.78 Å². The first-order chi connectivity index (χ1) is 7.70. The van der Waals surface area contributed by atoms with Crippen LogP contribution in [0, 0.1) is 18.3 Å². The number of anilines is 1. The number of hydrogen-bond acceptors (Lipinski definition) is 3. The molecule has 0 aromatic heterocycles. The maximum absolute atomic E-state index is 11.2. The highest BCUT2D eigenvalue weighted by molar-refractivity contribution is 5.81. The fourth-order valence-corrected chi connectivity index (χ4v) is 2.08. The monoisotopic (exact) mass is 214 g/mol. The third kappa shape index (κ3) is 2.06. The molecule has 0 amide bonds. The summed E-state index contributed by atoms with van der Waals surface area (Å²) in [6.45, 7) is 3.60. The molecule has 1 heterocycles. The van der Waals surface area contributed by atoms with Gasteiger partial charge in [-0.2, -0.15) is 5.26 Å². The van der Waals surface area contributed by atoms with E-state index in [0.717, 1.165) is 24.3 Å². The number of rotatable bonds is 1. The molecule has 0 bridgehead atoms. The van der Waals surface area contributed by atoms with Crippen LogP contribution < -0.4 is 4.90 Å². The molecule has 16 heavy (non-hydrogen) atoms. The second-order valence-corrected chi connectivity index (χ2v) is 4.14. The molecule has 0 atom stereocenters. The molecule has 3 nitrogen and oxygen atoms in total. The van der Waals surface area contributed by atoms with Crippen LogP contribution in [0.1, 0.15) is 24.0 Å². The first-order valence-corrected chi connectivity index (χ1v) is 5.48. The van der Waals surface area contributed by atoms with E-state index in [1.807, 2.05) is 25.1 Å². The van der Waals surface area contributed by atoms with Crippen LogP contribution in [-0.2, 0) is 4.79 Å². The van der Waals surface area contributed by atoms with Crippen molar-refractivity contribution in [2.24, 2.45) is 0 Å². The number of piperidine rings is 1. The van der Waals surface area contributed by atoms with Gasteiger partial charge in [-0.3, -0.25) is 4.79 Å². The Balaban J connectivity index is 2.21. The van der Waals surface area contributed by atoms with Gasteiger partial charge < -0.3 is 4.90 Å². The van der Waals surface area contributed by atoms with Gasteiger partial charge in [-0.05, 0) is 30.7 Å². The number of ketones is 1. The SMILES string of the molecule is Cc1cc(C#N)ccc1N1CCC(=O)CC1. The van der Waals surface area contributed by atoms with E-state index in [1.165, 1.54) is 0 Å². The third-order valence-electron chi connectivity index (χ3n) is 2.99. The maximum atomic E-state index is 11.2. The molecule has 1 aromatic carbocycles. The van der Waals surface area contributed by atoms with Crippen molar-refractivity contribution in [3.63, 3.8) is 0 Å². The highest BCUT2D eigenvalue weighted by Gasteiger charge is 2.17. The average molecular weight is 214 g/mol. The lowest BCUT2D eigenvalue weighted by Crippen LogP contribution is -2.34. The van der Waals surface area contributed by atoms with Crippen molar-refractivity contribution in [1.82, 2.24) is 0 Å².